The highest BCUT2D eigenvalue weighted by Crippen LogP contribution is 2.37. The summed E-state index contributed by atoms with van der Waals surface area (Å²) in [5.74, 6) is 0.145. The summed E-state index contributed by atoms with van der Waals surface area (Å²) in [4.78, 5) is 31.9. The third-order valence-electron chi connectivity index (χ3n) is 5.26. The highest BCUT2D eigenvalue weighted by Gasteiger charge is 2.35. The number of carbonyl (C=O) groups is 1. The molecule has 1 N–H and O–H groups in total. The van der Waals surface area contributed by atoms with Crippen LogP contribution < -0.4 is 19.6 Å². The van der Waals surface area contributed by atoms with Crippen molar-refractivity contribution in [1.29, 1.82) is 0 Å². The average molecular weight is 543 g/mol. The number of ether oxygens (including phenoxy) is 2. The number of halogens is 1. The van der Waals surface area contributed by atoms with Gasteiger partial charge in [-0.15, -0.1) is 0 Å². The van der Waals surface area contributed by atoms with E-state index >= 15 is 0 Å². The van der Waals surface area contributed by atoms with Crippen LogP contribution in [0, 0.1) is 0 Å². The zero-order valence-electron chi connectivity index (χ0n) is 19.0. The summed E-state index contributed by atoms with van der Waals surface area (Å²) in [7, 11) is 1.55. The number of hydrogen-bond donors (Lipinski definition) is 1. The molecule has 1 atom stereocenters. The van der Waals surface area contributed by atoms with E-state index in [0.717, 1.165) is 10.0 Å². The molecular weight excluding hydrogens is 520 g/mol. The Labute approximate surface area is 208 Å². The molecule has 0 amide bonds. The summed E-state index contributed by atoms with van der Waals surface area (Å²) in [6, 6.07) is 11.2. The highest BCUT2D eigenvalue weighted by molar-refractivity contribution is 9.10. The Morgan fingerprint density at radius 1 is 1.24 bits per heavy atom. The lowest BCUT2D eigenvalue weighted by Gasteiger charge is -2.26. The minimum Gasteiger partial charge on any atom is -0.508 e. The number of rotatable bonds is 5. The number of esters is 1. The summed E-state index contributed by atoms with van der Waals surface area (Å²) in [6.45, 7) is 5.29. The first-order chi connectivity index (χ1) is 16.2. The van der Waals surface area contributed by atoms with Gasteiger partial charge in [-0.25, -0.2) is 9.79 Å². The normalized spacial score (nSPS) is 15.8. The second kappa shape index (κ2) is 9.60. The van der Waals surface area contributed by atoms with E-state index in [1.807, 2.05) is 12.1 Å². The number of fused-ring (bicyclic) bond motifs is 1. The van der Waals surface area contributed by atoms with Crippen molar-refractivity contribution in [2.45, 2.75) is 32.9 Å². The Hall–Kier alpha value is -3.17. The first-order valence-electron chi connectivity index (χ1n) is 10.6. The van der Waals surface area contributed by atoms with Crippen molar-refractivity contribution in [2.24, 2.45) is 4.99 Å². The number of carbonyl (C=O) groups excluding carboxylic acids is 1. The predicted molar refractivity (Wildman–Crippen MR) is 134 cm³/mol. The van der Waals surface area contributed by atoms with Crippen LogP contribution in [0.3, 0.4) is 0 Å². The molecule has 176 valence electrons. The number of phenols is 1. The van der Waals surface area contributed by atoms with Crippen molar-refractivity contribution in [1.82, 2.24) is 4.57 Å². The van der Waals surface area contributed by atoms with Crippen molar-refractivity contribution >= 4 is 39.3 Å². The fraction of sp³-hybridized carbons (Fsp3) is 0.240. The third kappa shape index (κ3) is 4.58. The summed E-state index contributed by atoms with van der Waals surface area (Å²) in [5.41, 5.74) is 1.88. The van der Waals surface area contributed by atoms with Crippen LogP contribution in [0.2, 0.25) is 0 Å². The predicted octanol–water partition coefficient (Wildman–Crippen LogP) is 3.66. The Bertz CT molecular complexity index is 1470. The maximum atomic E-state index is 13.7. The number of hydrogen-bond acceptors (Lipinski definition) is 7. The molecular formula is C25H23BrN2O5S. The zero-order valence-corrected chi connectivity index (χ0v) is 21.4. The van der Waals surface area contributed by atoms with Gasteiger partial charge in [0, 0.05) is 10.0 Å². The van der Waals surface area contributed by atoms with E-state index < -0.39 is 12.0 Å². The Balaban J connectivity index is 2.00. The van der Waals surface area contributed by atoms with Crippen LogP contribution in [0.5, 0.6) is 11.5 Å². The van der Waals surface area contributed by atoms with Crippen molar-refractivity contribution in [3.05, 3.63) is 89.0 Å². The number of thiazole rings is 1. The van der Waals surface area contributed by atoms with E-state index in [1.54, 1.807) is 64.3 Å². The first kappa shape index (κ1) is 24.0. The molecule has 2 aromatic carbocycles. The maximum Gasteiger partial charge on any atom is 0.338 e. The molecule has 1 aliphatic heterocycles. The fourth-order valence-corrected chi connectivity index (χ4v) is 5.22. The fourth-order valence-electron chi connectivity index (χ4n) is 3.80. The first-order valence-corrected chi connectivity index (χ1v) is 12.2. The Kier molecular flexibility index (Phi) is 6.77. The second-order valence-corrected chi connectivity index (χ2v) is 9.94. The number of aromatic hydroxyl groups is 1. The molecule has 0 saturated carbocycles. The molecule has 0 aliphatic carbocycles. The van der Waals surface area contributed by atoms with Crippen LogP contribution >= 0.6 is 27.3 Å². The lowest BCUT2D eigenvalue weighted by Crippen LogP contribution is -2.40. The number of phenolic OH excluding ortho intramolecular Hbond substituents is 1. The highest BCUT2D eigenvalue weighted by atomic mass is 79.9. The maximum absolute atomic E-state index is 13.7. The lowest BCUT2D eigenvalue weighted by molar-refractivity contribution is -0.143. The molecule has 7 nitrogen and oxygen atoms in total. The molecule has 0 spiro atoms. The standard InChI is InChI=1S/C25H23BrN2O5S/c1-13(2)33-24(31)21-14(3)27-25-28(22(21)18-12-16(26)7-10-19(18)32-4)23(30)20(34-25)11-15-5-8-17(29)9-6-15/h5-13,22,29H,1-4H3/b20-11-/t22-/m1/s1. The van der Waals surface area contributed by atoms with Gasteiger partial charge in [-0.3, -0.25) is 9.36 Å². The number of benzene rings is 2. The molecule has 0 bridgehead atoms. The number of aromatic nitrogens is 1. The van der Waals surface area contributed by atoms with Crippen LogP contribution in [0.1, 0.15) is 37.9 Å². The van der Waals surface area contributed by atoms with Gasteiger partial charge in [-0.2, -0.15) is 0 Å². The van der Waals surface area contributed by atoms with Crippen molar-refractivity contribution in [3.63, 3.8) is 0 Å². The van der Waals surface area contributed by atoms with Crippen LogP contribution in [-0.4, -0.2) is 28.9 Å². The number of nitrogens with zero attached hydrogens (tertiary/aromatic N) is 2. The van der Waals surface area contributed by atoms with Crippen LogP contribution in [0.15, 0.2) is 68.0 Å². The van der Waals surface area contributed by atoms with E-state index in [4.69, 9.17) is 9.47 Å². The largest absolute Gasteiger partial charge is 0.508 e. The van der Waals surface area contributed by atoms with Crippen LogP contribution in [-0.2, 0) is 9.53 Å². The lowest BCUT2D eigenvalue weighted by atomic mass is 9.95. The Morgan fingerprint density at radius 3 is 2.59 bits per heavy atom. The van der Waals surface area contributed by atoms with Gasteiger partial charge in [0.25, 0.3) is 5.56 Å². The van der Waals surface area contributed by atoms with Gasteiger partial charge >= 0.3 is 5.97 Å². The molecule has 1 aromatic heterocycles. The van der Waals surface area contributed by atoms with E-state index in [-0.39, 0.29) is 23.0 Å². The minimum atomic E-state index is -0.781. The van der Waals surface area contributed by atoms with Gasteiger partial charge in [-0.1, -0.05) is 39.4 Å². The van der Waals surface area contributed by atoms with Gasteiger partial charge in [0.05, 0.1) is 29.0 Å². The quantitative estimate of drug-likeness (QED) is 0.497. The second-order valence-electron chi connectivity index (χ2n) is 8.01. The van der Waals surface area contributed by atoms with E-state index in [2.05, 4.69) is 20.9 Å². The van der Waals surface area contributed by atoms with E-state index in [0.29, 0.717) is 26.3 Å². The summed E-state index contributed by atoms with van der Waals surface area (Å²) in [5, 5.41) is 9.56. The SMILES string of the molecule is COc1ccc(Br)cc1[C@@H]1C(C(=O)OC(C)C)=C(C)N=c2s/c(=C\c3ccc(O)cc3)c(=O)n21. The number of allylic oxidation sites excluding steroid dienone is 1. The molecule has 0 radical (unpaired) electrons. The molecule has 2 heterocycles. The molecule has 34 heavy (non-hydrogen) atoms. The van der Waals surface area contributed by atoms with Gasteiger partial charge in [0.1, 0.15) is 17.5 Å². The Morgan fingerprint density at radius 2 is 1.94 bits per heavy atom. The molecule has 1 aliphatic rings. The topological polar surface area (TPSA) is 90.1 Å². The van der Waals surface area contributed by atoms with Crippen LogP contribution in [0.4, 0.5) is 0 Å². The van der Waals surface area contributed by atoms with Crippen molar-refractivity contribution in [2.75, 3.05) is 7.11 Å². The van der Waals surface area contributed by atoms with Gasteiger partial charge in [0.15, 0.2) is 4.80 Å². The molecule has 0 unspecified atom stereocenters. The molecule has 4 rings (SSSR count). The smallest absolute Gasteiger partial charge is 0.338 e. The average Bonchev–Trinajstić information content (AvgIpc) is 3.08. The summed E-state index contributed by atoms with van der Waals surface area (Å²) >= 11 is 4.73. The molecule has 3 aromatic rings. The van der Waals surface area contributed by atoms with E-state index in [1.165, 1.54) is 15.9 Å². The number of methoxy groups -OCH3 is 1. The summed E-state index contributed by atoms with van der Waals surface area (Å²) < 4.78 is 13.9. The van der Waals surface area contributed by atoms with Crippen molar-refractivity contribution in [3.8, 4) is 11.5 Å². The van der Waals surface area contributed by atoms with E-state index in [9.17, 15) is 14.7 Å². The minimum absolute atomic E-state index is 0.143. The zero-order chi connectivity index (χ0) is 24.6. The van der Waals surface area contributed by atoms with Gasteiger partial charge in [0.2, 0.25) is 0 Å². The third-order valence-corrected chi connectivity index (χ3v) is 6.74. The van der Waals surface area contributed by atoms with Crippen LogP contribution in [0.25, 0.3) is 6.08 Å². The summed E-state index contributed by atoms with van der Waals surface area (Å²) in [6.07, 6.45) is 1.40. The van der Waals surface area contributed by atoms with Gasteiger partial charge < -0.3 is 14.6 Å². The van der Waals surface area contributed by atoms with Gasteiger partial charge in [-0.05, 0) is 62.7 Å². The van der Waals surface area contributed by atoms with Crippen molar-refractivity contribution < 1.29 is 19.4 Å². The molecule has 0 saturated heterocycles. The molecule has 0 fully saturated rings. The molecule has 9 heteroatoms. The monoisotopic (exact) mass is 542 g/mol.